The Morgan fingerprint density at radius 1 is 0.950 bits per heavy atom. The molecular formula is C33H34N4O3. The molecule has 7 nitrogen and oxygen atoms in total. The number of hydrogen-bond acceptors (Lipinski definition) is 6. The molecule has 0 spiro atoms. The molecule has 204 valence electrons. The molecule has 1 saturated carbocycles. The molecule has 4 atom stereocenters. The Morgan fingerprint density at radius 2 is 1.75 bits per heavy atom. The molecule has 0 bridgehead atoms. The average Bonchev–Trinajstić information content (AvgIpc) is 3.47. The first-order valence-corrected chi connectivity index (χ1v) is 13.9. The summed E-state index contributed by atoms with van der Waals surface area (Å²) in [6.45, 7) is 7.27. The van der Waals surface area contributed by atoms with Crippen LogP contribution in [0.1, 0.15) is 67.4 Å². The molecule has 0 radical (unpaired) electrons. The van der Waals surface area contributed by atoms with Gasteiger partial charge >= 0.3 is 0 Å². The molecule has 2 aliphatic rings. The summed E-state index contributed by atoms with van der Waals surface area (Å²) in [6, 6.07) is 22.9. The van der Waals surface area contributed by atoms with Crippen LogP contribution in [-0.2, 0) is 21.4 Å². The van der Waals surface area contributed by atoms with Crippen LogP contribution in [0.25, 0.3) is 0 Å². The molecule has 1 N–H and O–H groups in total. The lowest BCUT2D eigenvalue weighted by atomic mass is 9.69. The number of hydrogen-bond donors (Lipinski definition) is 1. The standard InChI is InChI=1S/C33H34N4O3/c1-33(2,3)23-11-13-24(14-12-23)40-25-9-6-8-22(17-25)27-18-28(38)29(32(39)31(27)37-20-34-19-36-37)30-26-10-5-4-7-21(26)15-16-35-30/h4-14,17,19-20,27,29-31,35H,15-16,18H2,1-3H3/t27-,29+,30+,31-/m1/s1. The minimum atomic E-state index is -0.785. The van der Waals surface area contributed by atoms with Crippen molar-refractivity contribution in [3.05, 3.63) is 108 Å². The summed E-state index contributed by atoms with van der Waals surface area (Å²) < 4.78 is 7.81. The van der Waals surface area contributed by atoms with Crippen molar-refractivity contribution in [2.75, 3.05) is 6.54 Å². The van der Waals surface area contributed by atoms with Crippen molar-refractivity contribution in [1.82, 2.24) is 20.1 Å². The predicted molar refractivity (Wildman–Crippen MR) is 152 cm³/mol. The Balaban J connectivity index is 1.31. The number of benzene rings is 3. The van der Waals surface area contributed by atoms with Gasteiger partial charge in [0.2, 0.25) is 0 Å². The van der Waals surface area contributed by atoms with Crippen LogP contribution < -0.4 is 10.1 Å². The molecule has 1 fully saturated rings. The summed E-state index contributed by atoms with van der Waals surface area (Å²) in [5, 5.41) is 7.82. The SMILES string of the molecule is CC(C)(C)c1ccc(Oc2cccc([C@H]3CC(=O)[C@@H]([C@H]4NCCc5ccccc54)C(=O)[C@@H]3n3cncn3)c2)cc1. The summed E-state index contributed by atoms with van der Waals surface area (Å²) in [5.41, 5.74) is 4.37. The first-order valence-electron chi connectivity index (χ1n) is 13.9. The van der Waals surface area contributed by atoms with E-state index in [4.69, 9.17) is 4.74 Å². The van der Waals surface area contributed by atoms with E-state index in [1.807, 2.05) is 54.6 Å². The van der Waals surface area contributed by atoms with E-state index in [1.165, 1.54) is 17.5 Å². The molecule has 1 aromatic heterocycles. The highest BCUT2D eigenvalue weighted by Gasteiger charge is 2.49. The van der Waals surface area contributed by atoms with Crippen molar-refractivity contribution in [1.29, 1.82) is 0 Å². The van der Waals surface area contributed by atoms with Gasteiger partial charge < -0.3 is 10.1 Å². The number of fused-ring (bicyclic) bond motifs is 1. The molecular weight excluding hydrogens is 500 g/mol. The van der Waals surface area contributed by atoms with Gasteiger partial charge in [-0.2, -0.15) is 5.10 Å². The minimum absolute atomic E-state index is 0.0512. The fourth-order valence-electron chi connectivity index (χ4n) is 6.13. The number of Topliss-reactive ketones (excluding diaryl/α,β-unsaturated/α-hetero) is 2. The molecule has 7 heteroatoms. The van der Waals surface area contributed by atoms with Crippen LogP contribution in [0, 0.1) is 5.92 Å². The van der Waals surface area contributed by atoms with E-state index in [0.29, 0.717) is 5.75 Å². The molecule has 0 unspecified atom stereocenters. The van der Waals surface area contributed by atoms with Crippen LogP contribution >= 0.6 is 0 Å². The Morgan fingerprint density at radius 3 is 2.50 bits per heavy atom. The van der Waals surface area contributed by atoms with Gasteiger partial charge in [0.15, 0.2) is 5.78 Å². The van der Waals surface area contributed by atoms with E-state index in [-0.39, 0.29) is 35.4 Å². The number of nitrogens with one attached hydrogen (secondary N) is 1. The van der Waals surface area contributed by atoms with Crippen LogP contribution in [0.3, 0.4) is 0 Å². The highest BCUT2D eigenvalue weighted by Crippen LogP contribution is 2.44. The largest absolute Gasteiger partial charge is 0.457 e. The third-order valence-corrected chi connectivity index (χ3v) is 8.19. The highest BCUT2D eigenvalue weighted by molar-refractivity contribution is 6.08. The van der Waals surface area contributed by atoms with E-state index in [9.17, 15) is 9.59 Å². The first-order chi connectivity index (χ1) is 19.3. The van der Waals surface area contributed by atoms with E-state index in [0.717, 1.165) is 29.8 Å². The molecule has 0 amide bonds. The van der Waals surface area contributed by atoms with Crippen LogP contribution in [0.4, 0.5) is 0 Å². The molecule has 40 heavy (non-hydrogen) atoms. The lowest BCUT2D eigenvalue weighted by Gasteiger charge is -2.39. The number of carbonyl (C=O) groups excluding carboxylic acids is 2. The fraction of sp³-hybridized carbons (Fsp3) is 0.333. The number of ether oxygens (including phenoxy) is 1. The van der Waals surface area contributed by atoms with Crippen molar-refractivity contribution in [3.63, 3.8) is 0 Å². The lowest BCUT2D eigenvalue weighted by molar-refractivity contribution is -0.141. The van der Waals surface area contributed by atoms with E-state index in [2.05, 4.69) is 54.4 Å². The monoisotopic (exact) mass is 534 g/mol. The van der Waals surface area contributed by atoms with Gasteiger partial charge in [0.05, 0.1) is 5.92 Å². The van der Waals surface area contributed by atoms with Gasteiger partial charge in [-0.05, 0) is 64.9 Å². The van der Waals surface area contributed by atoms with Gasteiger partial charge in [0, 0.05) is 18.4 Å². The maximum Gasteiger partial charge on any atom is 0.170 e. The van der Waals surface area contributed by atoms with Crippen molar-refractivity contribution in [2.45, 2.75) is 57.0 Å². The molecule has 1 aliphatic heterocycles. The van der Waals surface area contributed by atoms with Crippen LogP contribution in [0.15, 0.2) is 85.5 Å². The molecule has 2 heterocycles. The van der Waals surface area contributed by atoms with E-state index >= 15 is 0 Å². The van der Waals surface area contributed by atoms with E-state index < -0.39 is 12.0 Å². The van der Waals surface area contributed by atoms with Gasteiger partial charge in [0.1, 0.15) is 36.0 Å². The second-order valence-electron chi connectivity index (χ2n) is 11.8. The summed E-state index contributed by atoms with van der Waals surface area (Å²) in [5.74, 6) is 0.0325. The number of rotatable bonds is 5. The maximum absolute atomic E-state index is 14.2. The Bertz CT molecular complexity index is 1520. The third-order valence-electron chi connectivity index (χ3n) is 8.19. The molecule has 1 aliphatic carbocycles. The summed E-state index contributed by atoms with van der Waals surface area (Å²) in [4.78, 5) is 32.1. The molecule has 0 saturated heterocycles. The zero-order valence-electron chi connectivity index (χ0n) is 23.1. The average molecular weight is 535 g/mol. The smallest absolute Gasteiger partial charge is 0.170 e. The minimum Gasteiger partial charge on any atom is -0.457 e. The molecule has 6 rings (SSSR count). The zero-order chi connectivity index (χ0) is 27.9. The predicted octanol–water partition coefficient (Wildman–Crippen LogP) is 5.74. The van der Waals surface area contributed by atoms with Gasteiger partial charge in [-0.1, -0.05) is 69.3 Å². The van der Waals surface area contributed by atoms with Crippen molar-refractivity contribution in [2.24, 2.45) is 5.92 Å². The number of aromatic nitrogens is 3. The van der Waals surface area contributed by atoms with Crippen LogP contribution in [-0.4, -0.2) is 32.9 Å². The van der Waals surface area contributed by atoms with Gasteiger partial charge in [0.25, 0.3) is 0 Å². The lowest BCUT2D eigenvalue weighted by Crippen LogP contribution is -2.48. The van der Waals surface area contributed by atoms with Crippen molar-refractivity contribution < 1.29 is 14.3 Å². The topological polar surface area (TPSA) is 86.1 Å². The summed E-state index contributed by atoms with van der Waals surface area (Å²) >= 11 is 0. The number of nitrogens with zero attached hydrogens (tertiary/aromatic N) is 3. The third kappa shape index (κ3) is 4.97. The Kier molecular flexibility index (Phi) is 6.84. The Hall–Kier alpha value is -4.10. The van der Waals surface area contributed by atoms with E-state index in [1.54, 1.807) is 11.0 Å². The highest BCUT2D eigenvalue weighted by atomic mass is 16.5. The fourth-order valence-corrected chi connectivity index (χ4v) is 6.13. The summed E-state index contributed by atoms with van der Waals surface area (Å²) in [7, 11) is 0. The number of carbonyl (C=O) groups is 2. The quantitative estimate of drug-likeness (QED) is 0.329. The normalized spacial score (nSPS) is 23.1. The second-order valence-corrected chi connectivity index (χ2v) is 11.8. The number of ketones is 2. The first kappa shape index (κ1) is 26.1. The molecule has 4 aromatic rings. The van der Waals surface area contributed by atoms with Gasteiger partial charge in [-0.15, -0.1) is 0 Å². The second kappa shape index (κ2) is 10.5. The van der Waals surface area contributed by atoms with Gasteiger partial charge in [-0.3, -0.25) is 9.59 Å². The van der Waals surface area contributed by atoms with Crippen LogP contribution in [0.5, 0.6) is 11.5 Å². The summed E-state index contributed by atoms with van der Waals surface area (Å²) in [6.07, 6.45) is 4.11. The van der Waals surface area contributed by atoms with Crippen molar-refractivity contribution in [3.8, 4) is 11.5 Å². The maximum atomic E-state index is 14.2. The molecule has 3 aromatic carbocycles. The zero-order valence-corrected chi connectivity index (χ0v) is 23.1. The Labute approximate surface area is 234 Å². The van der Waals surface area contributed by atoms with Crippen molar-refractivity contribution >= 4 is 11.6 Å². The van der Waals surface area contributed by atoms with Gasteiger partial charge in [-0.25, -0.2) is 9.67 Å². The van der Waals surface area contributed by atoms with Crippen LogP contribution in [0.2, 0.25) is 0 Å².